The van der Waals surface area contributed by atoms with Gasteiger partial charge in [0.25, 0.3) is 0 Å². The Balaban J connectivity index is 1.59. The van der Waals surface area contributed by atoms with Gasteiger partial charge in [0.15, 0.2) is 0 Å². The number of hydrogen-bond donors (Lipinski definition) is 2. The van der Waals surface area contributed by atoms with E-state index in [2.05, 4.69) is 12.2 Å². The third-order valence-electron chi connectivity index (χ3n) is 5.03. The highest BCUT2D eigenvalue weighted by molar-refractivity contribution is 4.79. The van der Waals surface area contributed by atoms with Crippen molar-refractivity contribution in [2.45, 2.75) is 51.9 Å². The maximum absolute atomic E-state index is 9.29. The van der Waals surface area contributed by atoms with Crippen LogP contribution in [-0.2, 0) is 0 Å². The second-order valence-electron chi connectivity index (χ2n) is 6.42. The Morgan fingerprint density at radius 3 is 2.35 bits per heavy atom. The van der Waals surface area contributed by atoms with Crippen molar-refractivity contribution in [3.8, 4) is 0 Å². The van der Waals surface area contributed by atoms with Crippen LogP contribution in [0.2, 0.25) is 0 Å². The summed E-state index contributed by atoms with van der Waals surface area (Å²) >= 11 is 0. The Kier molecular flexibility index (Phi) is 5.30. The minimum absolute atomic E-state index is 0.396. The first kappa shape index (κ1) is 13.4. The molecule has 2 aliphatic carbocycles. The molecule has 0 aromatic rings. The van der Waals surface area contributed by atoms with Gasteiger partial charge in [0.1, 0.15) is 0 Å². The van der Waals surface area contributed by atoms with E-state index in [4.69, 9.17) is 0 Å². The summed E-state index contributed by atoms with van der Waals surface area (Å²) < 4.78 is 0. The molecule has 2 atom stereocenters. The Hall–Kier alpha value is -0.0800. The van der Waals surface area contributed by atoms with Crippen LogP contribution in [0.3, 0.4) is 0 Å². The van der Waals surface area contributed by atoms with Crippen molar-refractivity contribution in [1.82, 2.24) is 5.32 Å². The monoisotopic (exact) mass is 239 g/mol. The first-order chi connectivity index (χ1) is 8.29. The van der Waals surface area contributed by atoms with Crippen LogP contribution in [0.1, 0.15) is 51.9 Å². The lowest BCUT2D eigenvalue weighted by molar-refractivity contribution is 0.189. The van der Waals surface area contributed by atoms with Gasteiger partial charge in [-0.1, -0.05) is 26.2 Å². The first-order valence-electron chi connectivity index (χ1n) is 7.61. The molecule has 2 saturated carbocycles. The number of nitrogens with one attached hydrogen (secondary N) is 1. The van der Waals surface area contributed by atoms with Crippen molar-refractivity contribution >= 4 is 0 Å². The molecule has 0 spiro atoms. The molecule has 0 bridgehead atoms. The molecule has 2 fully saturated rings. The Labute approximate surface area is 106 Å². The topological polar surface area (TPSA) is 32.3 Å². The van der Waals surface area contributed by atoms with Crippen LogP contribution >= 0.6 is 0 Å². The van der Waals surface area contributed by atoms with E-state index in [1.54, 1.807) is 0 Å². The van der Waals surface area contributed by atoms with Gasteiger partial charge in [0, 0.05) is 6.61 Å². The number of aliphatic hydroxyl groups is 1. The smallest absolute Gasteiger partial charge is 0.0462 e. The van der Waals surface area contributed by atoms with Crippen molar-refractivity contribution < 1.29 is 5.11 Å². The number of hydrogen-bond acceptors (Lipinski definition) is 2. The van der Waals surface area contributed by atoms with E-state index in [9.17, 15) is 5.11 Å². The highest BCUT2D eigenvalue weighted by Gasteiger charge is 2.26. The van der Waals surface area contributed by atoms with E-state index in [0.717, 1.165) is 24.3 Å². The summed E-state index contributed by atoms with van der Waals surface area (Å²) in [5.41, 5.74) is 0. The average Bonchev–Trinajstić information content (AvgIpc) is 2.79. The van der Waals surface area contributed by atoms with Gasteiger partial charge in [-0.3, -0.25) is 0 Å². The van der Waals surface area contributed by atoms with Crippen molar-refractivity contribution in [2.24, 2.45) is 23.7 Å². The van der Waals surface area contributed by atoms with Crippen molar-refractivity contribution in [3.63, 3.8) is 0 Å². The first-order valence-corrected chi connectivity index (χ1v) is 7.61. The Morgan fingerprint density at radius 2 is 1.65 bits per heavy atom. The minimum atomic E-state index is 0.396. The van der Waals surface area contributed by atoms with Gasteiger partial charge < -0.3 is 10.4 Å². The summed E-state index contributed by atoms with van der Waals surface area (Å²) in [5, 5.41) is 13.0. The van der Waals surface area contributed by atoms with E-state index >= 15 is 0 Å². The summed E-state index contributed by atoms with van der Waals surface area (Å²) in [4.78, 5) is 0. The van der Waals surface area contributed by atoms with E-state index < -0.39 is 0 Å². The van der Waals surface area contributed by atoms with Crippen LogP contribution in [0.15, 0.2) is 0 Å². The lowest BCUT2D eigenvalue weighted by Gasteiger charge is -2.27. The lowest BCUT2D eigenvalue weighted by Crippen LogP contribution is -2.32. The predicted molar refractivity (Wildman–Crippen MR) is 71.9 cm³/mol. The zero-order chi connectivity index (χ0) is 12.1. The van der Waals surface area contributed by atoms with Crippen molar-refractivity contribution in [1.29, 1.82) is 0 Å². The molecule has 2 unspecified atom stereocenters. The van der Waals surface area contributed by atoms with Crippen LogP contribution in [0.4, 0.5) is 0 Å². The number of aliphatic hydroxyl groups excluding tert-OH is 1. The van der Waals surface area contributed by atoms with Gasteiger partial charge in [0.05, 0.1) is 0 Å². The van der Waals surface area contributed by atoms with E-state index in [1.807, 2.05) is 0 Å². The molecule has 2 heteroatoms. The summed E-state index contributed by atoms with van der Waals surface area (Å²) in [5.74, 6) is 3.19. The Morgan fingerprint density at radius 1 is 0.941 bits per heavy atom. The summed E-state index contributed by atoms with van der Waals surface area (Å²) in [6.07, 6.45) is 9.57. The maximum Gasteiger partial charge on any atom is 0.0462 e. The molecule has 0 aromatic carbocycles. The second kappa shape index (κ2) is 6.75. The van der Waals surface area contributed by atoms with E-state index in [1.165, 1.54) is 51.5 Å². The second-order valence-corrected chi connectivity index (χ2v) is 6.42. The molecular formula is C15H29NO. The molecule has 0 radical (unpaired) electrons. The normalized spacial score (nSPS) is 38.5. The molecule has 0 aliphatic heterocycles. The molecule has 2 rings (SSSR count). The molecule has 0 heterocycles. The summed E-state index contributed by atoms with van der Waals surface area (Å²) in [6, 6.07) is 0. The average molecular weight is 239 g/mol. The molecule has 2 nitrogen and oxygen atoms in total. The fourth-order valence-corrected chi connectivity index (χ4v) is 3.63. The van der Waals surface area contributed by atoms with Crippen molar-refractivity contribution in [2.75, 3.05) is 19.7 Å². The molecule has 100 valence electrons. The molecule has 0 saturated heterocycles. The quantitative estimate of drug-likeness (QED) is 0.773. The molecule has 2 N–H and O–H groups in total. The zero-order valence-electron chi connectivity index (χ0n) is 11.3. The molecular weight excluding hydrogens is 210 g/mol. The van der Waals surface area contributed by atoms with Gasteiger partial charge >= 0.3 is 0 Å². The molecule has 0 amide bonds. The lowest BCUT2D eigenvalue weighted by atomic mass is 9.83. The predicted octanol–water partition coefficient (Wildman–Crippen LogP) is 2.81. The fraction of sp³-hybridized carbons (Fsp3) is 1.00. The molecule has 17 heavy (non-hydrogen) atoms. The van der Waals surface area contributed by atoms with Gasteiger partial charge in [-0.25, -0.2) is 0 Å². The van der Waals surface area contributed by atoms with Gasteiger partial charge in [-0.05, 0) is 62.4 Å². The van der Waals surface area contributed by atoms with Crippen LogP contribution in [0.25, 0.3) is 0 Å². The maximum atomic E-state index is 9.29. The largest absolute Gasteiger partial charge is 0.396 e. The van der Waals surface area contributed by atoms with E-state index in [0.29, 0.717) is 12.5 Å². The van der Waals surface area contributed by atoms with Crippen molar-refractivity contribution in [3.05, 3.63) is 0 Å². The molecule has 0 aromatic heterocycles. The summed E-state index contributed by atoms with van der Waals surface area (Å²) in [7, 11) is 0. The Bertz CT molecular complexity index is 211. The van der Waals surface area contributed by atoms with E-state index in [-0.39, 0.29) is 0 Å². The SMILES string of the molecule is CC1CCC(CNCC2CCCC2CO)CC1. The minimum Gasteiger partial charge on any atom is -0.396 e. The van der Waals surface area contributed by atoms with Crippen LogP contribution in [0.5, 0.6) is 0 Å². The van der Waals surface area contributed by atoms with Gasteiger partial charge in [-0.15, -0.1) is 0 Å². The third kappa shape index (κ3) is 3.96. The summed E-state index contributed by atoms with van der Waals surface area (Å²) in [6.45, 7) is 5.12. The third-order valence-corrected chi connectivity index (χ3v) is 5.03. The van der Waals surface area contributed by atoms with Gasteiger partial charge in [-0.2, -0.15) is 0 Å². The zero-order valence-corrected chi connectivity index (χ0v) is 11.3. The van der Waals surface area contributed by atoms with Crippen LogP contribution < -0.4 is 5.32 Å². The highest BCUT2D eigenvalue weighted by atomic mass is 16.3. The standard InChI is InChI=1S/C15H29NO/c1-12-5-7-13(8-6-12)9-16-10-14-3-2-4-15(14)11-17/h12-17H,2-11H2,1H3. The highest BCUT2D eigenvalue weighted by Crippen LogP contribution is 2.31. The van der Waals surface area contributed by atoms with Gasteiger partial charge in [0.2, 0.25) is 0 Å². The fourth-order valence-electron chi connectivity index (χ4n) is 3.63. The van der Waals surface area contributed by atoms with Crippen LogP contribution in [0, 0.1) is 23.7 Å². The number of rotatable bonds is 5. The molecule has 2 aliphatic rings. The van der Waals surface area contributed by atoms with Crippen LogP contribution in [-0.4, -0.2) is 24.8 Å².